The summed E-state index contributed by atoms with van der Waals surface area (Å²) in [6.07, 6.45) is 0. The second-order valence-corrected chi connectivity index (χ2v) is 5.35. The van der Waals surface area contributed by atoms with Crippen molar-refractivity contribution in [2.45, 2.75) is 20.1 Å². The van der Waals surface area contributed by atoms with Gasteiger partial charge in [0.2, 0.25) is 0 Å². The van der Waals surface area contributed by atoms with E-state index in [9.17, 15) is 0 Å². The Labute approximate surface area is 119 Å². The Morgan fingerprint density at radius 1 is 1.44 bits per heavy atom. The number of benzene rings is 1. The summed E-state index contributed by atoms with van der Waals surface area (Å²) < 4.78 is 6.85. The Hall–Kier alpha value is -0.910. The van der Waals surface area contributed by atoms with Crippen molar-refractivity contribution in [3.05, 3.63) is 44.8 Å². The topological polar surface area (TPSA) is 34.1 Å². The van der Waals surface area contributed by atoms with Gasteiger partial charge in [0.05, 0.1) is 15.7 Å². The Morgan fingerprint density at radius 2 is 2.33 bits per heavy atom. The van der Waals surface area contributed by atoms with Crippen molar-refractivity contribution in [1.29, 1.82) is 0 Å². The zero-order valence-corrected chi connectivity index (χ0v) is 12.6. The van der Waals surface area contributed by atoms with E-state index in [1.165, 1.54) is 0 Å². The fraction of sp³-hybridized carbons (Fsp3) is 0.308. The number of halogens is 1. The Bertz CT molecular complexity index is 488. The van der Waals surface area contributed by atoms with Crippen LogP contribution in [-0.2, 0) is 13.2 Å². The van der Waals surface area contributed by atoms with Crippen LogP contribution in [0.2, 0.25) is 0 Å². The molecule has 0 aliphatic heterocycles. The van der Waals surface area contributed by atoms with E-state index >= 15 is 0 Å². The summed E-state index contributed by atoms with van der Waals surface area (Å²) >= 11 is 5.11. The van der Waals surface area contributed by atoms with Crippen LogP contribution in [0, 0.1) is 0 Å². The van der Waals surface area contributed by atoms with E-state index in [1.807, 2.05) is 23.0 Å². The molecule has 0 bridgehead atoms. The minimum Gasteiger partial charge on any atom is -0.486 e. The first-order valence-electron chi connectivity index (χ1n) is 5.79. The van der Waals surface area contributed by atoms with Crippen LogP contribution in [0.25, 0.3) is 0 Å². The van der Waals surface area contributed by atoms with Gasteiger partial charge >= 0.3 is 0 Å². The lowest BCUT2D eigenvalue weighted by molar-refractivity contribution is 0.296. The number of ether oxygens (including phenoxy) is 1. The van der Waals surface area contributed by atoms with Gasteiger partial charge < -0.3 is 10.1 Å². The lowest BCUT2D eigenvalue weighted by Gasteiger charge is -2.12. The van der Waals surface area contributed by atoms with Crippen LogP contribution in [0.4, 0.5) is 0 Å². The lowest BCUT2D eigenvalue weighted by Crippen LogP contribution is -2.13. The highest BCUT2D eigenvalue weighted by Gasteiger charge is 2.08. The fourth-order valence-electron chi connectivity index (χ4n) is 1.57. The van der Waals surface area contributed by atoms with Gasteiger partial charge in [-0.25, -0.2) is 4.98 Å². The molecule has 1 heterocycles. The van der Waals surface area contributed by atoms with Gasteiger partial charge in [0, 0.05) is 17.5 Å². The molecule has 0 radical (unpaired) electrons. The van der Waals surface area contributed by atoms with Gasteiger partial charge in [-0.3, -0.25) is 0 Å². The van der Waals surface area contributed by atoms with Gasteiger partial charge in [-0.15, -0.1) is 11.3 Å². The highest BCUT2D eigenvalue weighted by Crippen LogP contribution is 2.29. The summed E-state index contributed by atoms with van der Waals surface area (Å²) in [6.45, 7) is 4.35. The molecule has 0 unspecified atom stereocenters. The van der Waals surface area contributed by atoms with E-state index in [1.54, 1.807) is 11.3 Å². The van der Waals surface area contributed by atoms with E-state index in [4.69, 9.17) is 4.74 Å². The molecule has 2 rings (SSSR count). The number of nitrogens with zero attached hydrogens (tertiary/aromatic N) is 1. The monoisotopic (exact) mass is 326 g/mol. The van der Waals surface area contributed by atoms with Crippen molar-refractivity contribution >= 4 is 27.3 Å². The smallest absolute Gasteiger partial charge is 0.138 e. The van der Waals surface area contributed by atoms with Crippen LogP contribution in [0.3, 0.4) is 0 Å². The van der Waals surface area contributed by atoms with Crippen molar-refractivity contribution < 1.29 is 4.74 Å². The van der Waals surface area contributed by atoms with Crippen LogP contribution < -0.4 is 10.1 Å². The molecule has 1 aromatic carbocycles. The van der Waals surface area contributed by atoms with Crippen LogP contribution in [-0.4, -0.2) is 11.5 Å². The van der Waals surface area contributed by atoms with Crippen LogP contribution in [0.15, 0.2) is 33.6 Å². The molecule has 0 aliphatic rings. The first kappa shape index (κ1) is 13.5. The van der Waals surface area contributed by atoms with Crippen molar-refractivity contribution in [2.75, 3.05) is 6.54 Å². The first-order valence-corrected chi connectivity index (χ1v) is 7.52. The molecule has 3 nitrogen and oxygen atoms in total. The Kier molecular flexibility index (Phi) is 5.16. The molecule has 0 amide bonds. The molecule has 1 aromatic heterocycles. The summed E-state index contributed by atoms with van der Waals surface area (Å²) in [5.74, 6) is 0.895. The lowest BCUT2D eigenvalue weighted by atomic mass is 10.2. The quantitative estimate of drug-likeness (QED) is 0.880. The molecular weight excluding hydrogens is 312 g/mol. The molecule has 0 fully saturated rings. The maximum Gasteiger partial charge on any atom is 0.138 e. The minimum atomic E-state index is 0.505. The van der Waals surface area contributed by atoms with Gasteiger partial charge in [0.25, 0.3) is 0 Å². The molecule has 0 saturated heterocycles. The van der Waals surface area contributed by atoms with Gasteiger partial charge in [0.1, 0.15) is 12.4 Å². The standard InChI is InChI=1S/C13H15BrN2OS/c1-2-15-6-10-4-3-5-12(14)13(10)17-7-11-8-18-9-16-11/h3-5,8-9,15H,2,6-7H2,1H3. The number of nitrogens with one attached hydrogen (secondary N) is 1. The largest absolute Gasteiger partial charge is 0.486 e. The maximum absolute atomic E-state index is 5.87. The molecule has 5 heteroatoms. The SMILES string of the molecule is CCNCc1cccc(Br)c1OCc1cscn1. The number of thiazole rings is 1. The third-order valence-electron chi connectivity index (χ3n) is 2.46. The molecule has 96 valence electrons. The minimum absolute atomic E-state index is 0.505. The molecule has 0 spiro atoms. The van der Waals surface area contributed by atoms with Crippen molar-refractivity contribution in [3.63, 3.8) is 0 Å². The fourth-order valence-corrected chi connectivity index (χ4v) is 2.63. The van der Waals surface area contributed by atoms with E-state index in [0.717, 1.165) is 34.6 Å². The molecule has 0 aliphatic carbocycles. The van der Waals surface area contributed by atoms with Crippen LogP contribution in [0.5, 0.6) is 5.75 Å². The number of hydrogen-bond acceptors (Lipinski definition) is 4. The summed E-state index contributed by atoms with van der Waals surface area (Å²) in [5, 5.41) is 5.31. The Morgan fingerprint density at radius 3 is 3.06 bits per heavy atom. The van der Waals surface area contributed by atoms with Gasteiger partial charge in [-0.05, 0) is 28.5 Å². The zero-order chi connectivity index (χ0) is 12.8. The van der Waals surface area contributed by atoms with Gasteiger partial charge in [-0.2, -0.15) is 0 Å². The molecule has 18 heavy (non-hydrogen) atoms. The predicted molar refractivity (Wildman–Crippen MR) is 78.0 cm³/mol. The average molecular weight is 327 g/mol. The van der Waals surface area contributed by atoms with E-state index in [0.29, 0.717) is 6.61 Å². The van der Waals surface area contributed by atoms with Crippen molar-refractivity contribution in [3.8, 4) is 5.75 Å². The third-order valence-corrected chi connectivity index (χ3v) is 3.72. The molecule has 2 aromatic rings. The van der Waals surface area contributed by atoms with Gasteiger partial charge in [0.15, 0.2) is 0 Å². The Balaban J connectivity index is 2.09. The average Bonchev–Trinajstić information content (AvgIpc) is 2.88. The maximum atomic E-state index is 5.87. The van der Waals surface area contributed by atoms with Crippen molar-refractivity contribution in [1.82, 2.24) is 10.3 Å². The zero-order valence-electron chi connectivity index (χ0n) is 10.1. The third kappa shape index (κ3) is 3.54. The highest BCUT2D eigenvalue weighted by molar-refractivity contribution is 9.10. The highest BCUT2D eigenvalue weighted by atomic mass is 79.9. The second kappa shape index (κ2) is 6.87. The molecule has 0 saturated carbocycles. The summed E-state index contributed by atoms with van der Waals surface area (Å²) in [4.78, 5) is 4.22. The van der Waals surface area contributed by atoms with Crippen LogP contribution in [0.1, 0.15) is 18.2 Å². The number of rotatable bonds is 6. The van der Waals surface area contributed by atoms with E-state index < -0.39 is 0 Å². The number of hydrogen-bond donors (Lipinski definition) is 1. The summed E-state index contributed by atoms with van der Waals surface area (Å²) in [5.41, 5.74) is 3.93. The van der Waals surface area contributed by atoms with Gasteiger partial charge in [-0.1, -0.05) is 19.1 Å². The molecule has 0 atom stereocenters. The van der Waals surface area contributed by atoms with Crippen molar-refractivity contribution in [2.24, 2.45) is 0 Å². The predicted octanol–water partition coefficient (Wildman–Crippen LogP) is 3.59. The second-order valence-electron chi connectivity index (χ2n) is 3.78. The van der Waals surface area contributed by atoms with Crippen LogP contribution >= 0.6 is 27.3 Å². The summed E-state index contributed by atoms with van der Waals surface area (Å²) in [6, 6.07) is 6.09. The summed E-state index contributed by atoms with van der Waals surface area (Å²) in [7, 11) is 0. The normalized spacial score (nSPS) is 10.6. The van der Waals surface area contributed by atoms with E-state index in [2.05, 4.69) is 39.2 Å². The molecule has 1 N–H and O–H groups in total. The van der Waals surface area contributed by atoms with E-state index in [-0.39, 0.29) is 0 Å². The first-order chi connectivity index (χ1) is 8.81. The number of para-hydroxylation sites is 1. The molecular formula is C13H15BrN2OS. The number of aromatic nitrogens is 1.